The third kappa shape index (κ3) is 5.58. The van der Waals surface area contributed by atoms with Crippen LogP contribution in [0.15, 0.2) is 79.9 Å². The Bertz CT molecular complexity index is 1480. The Morgan fingerprint density at radius 1 is 1.09 bits per heavy atom. The normalized spacial score (nSPS) is 28.7. The van der Waals surface area contributed by atoms with Crippen LogP contribution >= 0.6 is 11.6 Å². The number of carbonyl (C=O) groups is 3. The van der Waals surface area contributed by atoms with Gasteiger partial charge in [-0.15, -0.1) is 13.2 Å². The molecule has 3 fully saturated rings. The van der Waals surface area contributed by atoms with E-state index >= 15 is 0 Å². The SMILES string of the molecule is C=CCN(Cc1ccccc1)C(=O)[C@@H]1[C@H]2C(=O)N([C@@H](CO)CC(C)C)C(C(=O)N(CC=C)c3ccccc3Cl)C23CC(C)[C@@]1(C)O3. The zero-order chi connectivity index (χ0) is 33.4. The predicted octanol–water partition coefficient (Wildman–Crippen LogP) is 5.49. The van der Waals surface area contributed by atoms with Gasteiger partial charge in [-0.25, -0.2) is 0 Å². The molecule has 2 bridgehead atoms. The van der Waals surface area contributed by atoms with Gasteiger partial charge in [0.2, 0.25) is 11.8 Å². The van der Waals surface area contributed by atoms with Crippen molar-refractivity contribution in [3.63, 3.8) is 0 Å². The fourth-order valence-corrected chi connectivity index (χ4v) is 8.43. The van der Waals surface area contributed by atoms with Crippen molar-refractivity contribution in [1.82, 2.24) is 9.80 Å². The first-order chi connectivity index (χ1) is 21.9. The molecule has 3 amide bonds. The molecule has 46 heavy (non-hydrogen) atoms. The van der Waals surface area contributed by atoms with E-state index in [1.54, 1.807) is 51.1 Å². The standard InChI is InChI=1S/C37H46ClN3O5/c1-7-18-39(22-26-14-10-9-11-15-26)33(43)30-31-34(44)41(27(23-42)20-24(3)4)32(37(31)21-25(5)36(30,6)46-37)35(45)40(19-8-2)29-17-13-12-16-28(29)38/h7-17,24-25,27,30-32,42H,1-2,18-23H2,3-6H3/t25?,27-,30+,31+,32?,36-,37?/m1/s1. The van der Waals surface area contributed by atoms with Gasteiger partial charge in [0.15, 0.2) is 0 Å². The Balaban J connectivity index is 1.64. The minimum absolute atomic E-state index is 0.131. The minimum Gasteiger partial charge on any atom is -0.394 e. The van der Waals surface area contributed by atoms with E-state index in [1.807, 2.05) is 58.0 Å². The van der Waals surface area contributed by atoms with E-state index in [0.29, 0.717) is 36.6 Å². The summed E-state index contributed by atoms with van der Waals surface area (Å²) in [5.41, 5.74) is -0.816. The van der Waals surface area contributed by atoms with Crippen LogP contribution in [0.4, 0.5) is 5.69 Å². The average Bonchev–Trinajstić information content (AvgIpc) is 3.55. The molecule has 9 heteroatoms. The number of anilines is 1. The lowest BCUT2D eigenvalue weighted by atomic mass is 9.62. The summed E-state index contributed by atoms with van der Waals surface area (Å²) in [6, 6.07) is 15.0. The maximum Gasteiger partial charge on any atom is 0.253 e. The van der Waals surface area contributed by atoms with Gasteiger partial charge in [0.1, 0.15) is 11.6 Å². The molecule has 5 rings (SSSR count). The van der Waals surface area contributed by atoms with Gasteiger partial charge in [0.25, 0.3) is 5.91 Å². The number of amides is 3. The van der Waals surface area contributed by atoms with Crippen molar-refractivity contribution in [1.29, 1.82) is 0 Å². The molecule has 3 saturated heterocycles. The Morgan fingerprint density at radius 2 is 1.74 bits per heavy atom. The Hall–Kier alpha value is -3.46. The number of benzene rings is 2. The molecule has 3 aliphatic heterocycles. The molecule has 1 spiro atoms. The van der Waals surface area contributed by atoms with Crippen molar-refractivity contribution in [3.05, 3.63) is 90.5 Å². The van der Waals surface area contributed by atoms with Crippen LogP contribution in [0.2, 0.25) is 5.02 Å². The third-order valence-electron chi connectivity index (χ3n) is 10.2. The highest BCUT2D eigenvalue weighted by molar-refractivity contribution is 6.34. The van der Waals surface area contributed by atoms with Crippen molar-refractivity contribution in [2.45, 2.75) is 70.4 Å². The number of hydrogen-bond donors (Lipinski definition) is 1. The van der Waals surface area contributed by atoms with Crippen molar-refractivity contribution < 1.29 is 24.2 Å². The maximum absolute atomic E-state index is 15.0. The van der Waals surface area contributed by atoms with Gasteiger partial charge < -0.3 is 24.5 Å². The highest BCUT2D eigenvalue weighted by atomic mass is 35.5. The second-order valence-electron chi connectivity index (χ2n) is 13.6. The first-order valence-electron chi connectivity index (χ1n) is 16.2. The lowest BCUT2D eigenvalue weighted by molar-refractivity contribution is -0.154. The first-order valence-corrected chi connectivity index (χ1v) is 16.6. The molecule has 2 aromatic rings. The molecule has 0 saturated carbocycles. The predicted molar refractivity (Wildman–Crippen MR) is 180 cm³/mol. The molecule has 2 aromatic carbocycles. The van der Waals surface area contributed by atoms with Crippen LogP contribution in [0.1, 0.15) is 46.1 Å². The molecule has 0 aliphatic carbocycles. The van der Waals surface area contributed by atoms with Gasteiger partial charge in [-0.05, 0) is 49.3 Å². The summed E-state index contributed by atoms with van der Waals surface area (Å²) in [7, 11) is 0. The lowest BCUT2D eigenvalue weighted by Gasteiger charge is -2.40. The van der Waals surface area contributed by atoms with Gasteiger partial charge in [0.05, 0.1) is 40.8 Å². The van der Waals surface area contributed by atoms with Crippen molar-refractivity contribution in [3.8, 4) is 0 Å². The molecule has 1 N–H and O–H groups in total. The molecule has 8 nitrogen and oxygen atoms in total. The summed E-state index contributed by atoms with van der Waals surface area (Å²) < 4.78 is 7.00. The first kappa shape index (κ1) is 33.9. The van der Waals surface area contributed by atoms with E-state index in [-0.39, 0.29) is 42.7 Å². The van der Waals surface area contributed by atoms with Crippen LogP contribution in [0.3, 0.4) is 0 Å². The number of aliphatic hydroxyl groups excluding tert-OH is 1. The van der Waals surface area contributed by atoms with E-state index in [1.165, 1.54) is 0 Å². The molecule has 3 aliphatic rings. The number of halogens is 1. The highest BCUT2D eigenvalue weighted by Crippen LogP contribution is 2.66. The number of ether oxygens (including phenoxy) is 1. The molecular weight excluding hydrogens is 602 g/mol. The topological polar surface area (TPSA) is 90.4 Å². The molecule has 7 atom stereocenters. The van der Waals surface area contributed by atoms with Gasteiger partial charge in [-0.2, -0.15) is 0 Å². The highest BCUT2D eigenvalue weighted by Gasteiger charge is 2.80. The van der Waals surface area contributed by atoms with E-state index in [0.717, 1.165) is 5.56 Å². The molecule has 0 radical (unpaired) electrons. The zero-order valence-corrected chi connectivity index (χ0v) is 28.0. The summed E-state index contributed by atoms with van der Waals surface area (Å²) in [5, 5.41) is 11.1. The fourth-order valence-electron chi connectivity index (χ4n) is 8.19. The number of fused-ring (bicyclic) bond motifs is 1. The van der Waals surface area contributed by atoms with Crippen molar-refractivity contribution in [2.75, 3.05) is 24.6 Å². The fraction of sp³-hybridized carbons (Fsp3) is 0.486. The number of carbonyl (C=O) groups excluding carboxylic acids is 3. The van der Waals surface area contributed by atoms with Crippen LogP contribution in [0.25, 0.3) is 0 Å². The van der Waals surface area contributed by atoms with E-state index in [9.17, 15) is 19.5 Å². The molecule has 0 aromatic heterocycles. The quantitative estimate of drug-likeness (QED) is 0.291. The summed E-state index contributed by atoms with van der Waals surface area (Å²) in [6.45, 7) is 16.2. The number of hydrogen-bond acceptors (Lipinski definition) is 5. The zero-order valence-electron chi connectivity index (χ0n) is 27.3. The summed E-state index contributed by atoms with van der Waals surface area (Å²) in [4.78, 5) is 49.4. The van der Waals surface area contributed by atoms with Crippen LogP contribution in [0, 0.1) is 23.7 Å². The second-order valence-corrected chi connectivity index (χ2v) is 14.0. The third-order valence-corrected chi connectivity index (χ3v) is 10.5. The Kier molecular flexibility index (Phi) is 9.83. The Morgan fingerprint density at radius 3 is 2.35 bits per heavy atom. The Labute approximate surface area is 277 Å². The van der Waals surface area contributed by atoms with E-state index < -0.39 is 35.1 Å². The largest absolute Gasteiger partial charge is 0.394 e. The van der Waals surface area contributed by atoms with Gasteiger partial charge in [-0.1, -0.05) is 87.0 Å². The number of likely N-dealkylation sites (tertiary alicyclic amines) is 1. The van der Waals surface area contributed by atoms with E-state index in [4.69, 9.17) is 16.3 Å². The number of nitrogens with zero attached hydrogens (tertiary/aromatic N) is 3. The van der Waals surface area contributed by atoms with Gasteiger partial charge in [0, 0.05) is 19.6 Å². The summed E-state index contributed by atoms with van der Waals surface area (Å²) in [5.74, 6) is -2.65. The second kappa shape index (κ2) is 13.3. The summed E-state index contributed by atoms with van der Waals surface area (Å²) in [6.07, 6.45) is 4.20. The molecule has 246 valence electrons. The number of para-hydroxylation sites is 1. The smallest absolute Gasteiger partial charge is 0.253 e. The van der Waals surface area contributed by atoms with Crippen molar-refractivity contribution in [2.24, 2.45) is 23.7 Å². The van der Waals surface area contributed by atoms with Crippen LogP contribution in [-0.2, 0) is 25.7 Å². The van der Waals surface area contributed by atoms with Gasteiger partial charge >= 0.3 is 0 Å². The number of rotatable bonds is 13. The lowest BCUT2D eigenvalue weighted by Crippen LogP contribution is -2.59. The van der Waals surface area contributed by atoms with Crippen LogP contribution < -0.4 is 4.90 Å². The van der Waals surface area contributed by atoms with Crippen molar-refractivity contribution >= 4 is 35.0 Å². The maximum atomic E-state index is 15.0. The van der Waals surface area contributed by atoms with Gasteiger partial charge in [-0.3, -0.25) is 14.4 Å². The monoisotopic (exact) mass is 647 g/mol. The van der Waals surface area contributed by atoms with E-state index in [2.05, 4.69) is 13.2 Å². The molecule has 3 unspecified atom stereocenters. The van der Waals surface area contributed by atoms with Crippen LogP contribution in [-0.4, -0.2) is 75.6 Å². The molecule has 3 heterocycles. The number of aliphatic hydroxyl groups is 1. The summed E-state index contributed by atoms with van der Waals surface area (Å²) >= 11 is 6.62. The average molecular weight is 648 g/mol. The van der Waals surface area contributed by atoms with Crippen LogP contribution in [0.5, 0.6) is 0 Å². The molecular formula is C37H46ClN3O5. The minimum atomic E-state index is -1.28.